The van der Waals surface area contributed by atoms with Crippen LogP contribution in [0, 0.1) is 10.1 Å². The molecule has 1 amide bonds. The lowest BCUT2D eigenvalue weighted by Gasteiger charge is -2.00. The van der Waals surface area contributed by atoms with E-state index in [1.807, 2.05) is 12.1 Å². The number of nitro benzene ring substituents is 1. The average Bonchev–Trinajstić information content (AvgIpc) is 3.32. The molecule has 4 rings (SSSR count). The topological polar surface area (TPSA) is 94.4 Å². The van der Waals surface area contributed by atoms with Gasteiger partial charge >= 0.3 is 0 Å². The molecule has 7 nitrogen and oxygen atoms in total. The first kappa shape index (κ1) is 19.3. The molecule has 0 aliphatic heterocycles. The maximum absolute atomic E-state index is 12.7. The minimum Gasteiger partial charge on any atom is -0.497 e. The van der Waals surface area contributed by atoms with Crippen molar-refractivity contribution in [1.82, 2.24) is 4.98 Å². The van der Waals surface area contributed by atoms with Crippen LogP contribution in [0.15, 0.2) is 47.8 Å². The molecule has 0 spiro atoms. The summed E-state index contributed by atoms with van der Waals surface area (Å²) in [7, 11) is 1.57. The van der Waals surface area contributed by atoms with E-state index in [2.05, 4.69) is 10.3 Å². The number of halogens is 1. The predicted molar refractivity (Wildman–Crippen MR) is 116 cm³/mol. The van der Waals surface area contributed by atoms with Gasteiger partial charge in [-0.25, -0.2) is 4.98 Å². The van der Waals surface area contributed by atoms with Crippen LogP contribution < -0.4 is 10.1 Å². The zero-order valence-electron chi connectivity index (χ0n) is 14.8. The number of aromatic nitrogens is 1. The van der Waals surface area contributed by atoms with Crippen LogP contribution in [0.4, 0.5) is 10.8 Å². The Morgan fingerprint density at radius 2 is 2.10 bits per heavy atom. The van der Waals surface area contributed by atoms with E-state index in [4.69, 9.17) is 16.3 Å². The number of non-ortho nitro benzene ring substituents is 1. The summed E-state index contributed by atoms with van der Waals surface area (Å²) in [5, 5.41) is 16.9. The highest BCUT2D eigenvalue weighted by atomic mass is 35.5. The molecular weight excluding hydrogens is 434 g/mol. The Bertz CT molecular complexity index is 1250. The summed E-state index contributed by atoms with van der Waals surface area (Å²) in [5.74, 6) is 0.292. The number of anilines is 1. The SMILES string of the molecule is COc1ccc2sc(C(=O)Nc3nc(-c4cccc([N+](=O)[O-])c4)cs3)c(Cl)c2c1. The van der Waals surface area contributed by atoms with Gasteiger partial charge in [0.25, 0.3) is 11.6 Å². The van der Waals surface area contributed by atoms with Crippen LogP contribution in [0.1, 0.15) is 9.67 Å². The second-order valence-electron chi connectivity index (χ2n) is 5.91. The predicted octanol–water partition coefficient (Wildman–Crippen LogP) is 5.85. The summed E-state index contributed by atoms with van der Waals surface area (Å²) >= 11 is 8.92. The van der Waals surface area contributed by atoms with Gasteiger partial charge in [0.05, 0.1) is 22.7 Å². The molecule has 0 unspecified atom stereocenters. The van der Waals surface area contributed by atoms with Crippen LogP contribution in [0.5, 0.6) is 5.75 Å². The number of thiazole rings is 1. The standard InChI is InChI=1S/C19H12ClN3O4S2/c1-27-12-5-6-15-13(8-12)16(20)17(29-15)18(24)22-19-21-14(9-28-19)10-3-2-4-11(7-10)23(25)26/h2-9H,1H3,(H,21,22,24). The largest absolute Gasteiger partial charge is 0.497 e. The van der Waals surface area contributed by atoms with Crippen molar-refractivity contribution in [2.75, 3.05) is 12.4 Å². The number of benzene rings is 2. The third-order valence-corrected chi connectivity index (χ3v) is 6.55. The first-order valence-electron chi connectivity index (χ1n) is 8.24. The van der Waals surface area contributed by atoms with Gasteiger partial charge in [0.15, 0.2) is 5.13 Å². The van der Waals surface area contributed by atoms with E-state index in [0.717, 1.165) is 10.1 Å². The Balaban J connectivity index is 1.58. The Kier molecular flexibility index (Phi) is 5.18. The molecule has 0 aliphatic carbocycles. The van der Waals surface area contributed by atoms with Gasteiger partial charge in [-0.2, -0.15) is 0 Å². The number of rotatable bonds is 5. The van der Waals surface area contributed by atoms with Gasteiger partial charge in [-0.05, 0) is 18.2 Å². The molecule has 2 aromatic carbocycles. The molecule has 0 aliphatic rings. The number of nitro groups is 1. The number of hydrogen-bond acceptors (Lipinski definition) is 7. The molecule has 0 saturated carbocycles. The third kappa shape index (κ3) is 3.80. The molecule has 0 bridgehead atoms. The lowest BCUT2D eigenvalue weighted by atomic mass is 10.1. The first-order valence-corrected chi connectivity index (χ1v) is 10.3. The third-order valence-electron chi connectivity index (χ3n) is 4.12. The molecule has 0 saturated heterocycles. The Labute approximate surface area is 177 Å². The Hall–Kier alpha value is -3.01. The van der Waals surface area contributed by atoms with Crippen LogP contribution >= 0.6 is 34.3 Å². The number of thiophene rings is 1. The number of amides is 1. The number of methoxy groups -OCH3 is 1. The van der Waals surface area contributed by atoms with Crippen LogP contribution in [-0.4, -0.2) is 22.9 Å². The number of nitrogens with zero attached hydrogens (tertiary/aromatic N) is 2. The molecule has 0 radical (unpaired) electrons. The Morgan fingerprint density at radius 1 is 1.28 bits per heavy atom. The van der Waals surface area contributed by atoms with E-state index in [0.29, 0.717) is 32.0 Å². The van der Waals surface area contributed by atoms with Gasteiger partial charge < -0.3 is 4.74 Å². The van der Waals surface area contributed by atoms with Gasteiger partial charge in [0.2, 0.25) is 0 Å². The van der Waals surface area contributed by atoms with Gasteiger partial charge in [-0.15, -0.1) is 22.7 Å². The maximum Gasteiger partial charge on any atom is 0.270 e. The molecule has 29 heavy (non-hydrogen) atoms. The number of carbonyl (C=O) groups excluding carboxylic acids is 1. The van der Waals surface area contributed by atoms with Gasteiger partial charge in [0, 0.05) is 33.2 Å². The monoisotopic (exact) mass is 445 g/mol. The normalized spacial score (nSPS) is 10.8. The van der Waals surface area contributed by atoms with E-state index in [1.165, 1.54) is 34.8 Å². The van der Waals surface area contributed by atoms with Crippen molar-refractivity contribution in [3.05, 3.63) is 67.9 Å². The summed E-state index contributed by atoms with van der Waals surface area (Å²) in [4.78, 5) is 27.9. The smallest absolute Gasteiger partial charge is 0.270 e. The molecule has 2 heterocycles. The molecule has 10 heteroatoms. The fourth-order valence-electron chi connectivity index (χ4n) is 2.72. The lowest BCUT2D eigenvalue weighted by Crippen LogP contribution is -2.10. The number of hydrogen-bond donors (Lipinski definition) is 1. The van der Waals surface area contributed by atoms with Crippen LogP contribution in [-0.2, 0) is 0 Å². The number of fused-ring (bicyclic) bond motifs is 1. The summed E-state index contributed by atoms with van der Waals surface area (Å²) < 4.78 is 6.08. The summed E-state index contributed by atoms with van der Waals surface area (Å²) in [6.07, 6.45) is 0. The highest BCUT2D eigenvalue weighted by Gasteiger charge is 2.19. The highest BCUT2D eigenvalue weighted by molar-refractivity contribution is 7.22. The quantitative estimate of drug-likeness (QED) is 0.307. The van der Waals surface area contributed by atoms with Crippen molar-refractivity contribution < 1.29 is 14.5 Å². The van der Waals surface area contributed by atoms with Crippen molar-refractivity contribution >= 4 is 61.1 Å². The van der Waals surface area contributed by atoms with E-state index >= 15 is 0 Å². The van der Waals surface area contributed by atoms with Crippen molar-refractivity contribution in [2.45, 2.75) is 0 Å². The fourth-order valence-corrected chi connectivity index (χ4v) is 4.82. The highest BCUT2D eigenvalue weighted by Crippen LogP contribution is 2.38. The molecular formula is C19H12ClN3O4S2. The minimum absolute atomic E-state index is 0.0198. The van der Waals surface area contributed by atoms with E-state index in [1.54, 1.807) is 30.7 Å². The molecule has 4 aromatic rings. The maximum atomic E-state index is 12.7. The van der Waals surface area contributed by atoms with E-state index < -0.39 is 4.92 Å². The summed E-state index contributed by atoms with van der Waals surface area (Å²) in [6.45, 7) is 0. The van der Waals surface area contributed by atoms with Crippen molar-refractivity contribution in [1.29, 1.82) is 0 Å². The second kappa shape index (κ2) is 7.78. The van der Waals surface area contributed by atoms with Crippen LogP contribution in [0.2, 0.25) is 5.02 Å². The van der Waals surface area contributed by atoms with Gasteiger partial charge in [0.1, 0.15) is 10.6 Å². The molecule has 1 N–H and O–H groups in total. The molecule has 2 aromatic heterocycles. The Morgan fingerprint density at radius 3 is 2.86 bits per heavy atom. The summed E-state index contributed by atoms with van der Waals surface area (Å²) in [6, 6.07) is 11.6. The lowest BCUT2D eigenvalue weighted by molar-refractivity contribution is -0.384. The van der Waals surface area contributed by atoms with Crippen molar-refractivity contribution in [3.63, 3.8) is 0 Å². The summed E-state index contributed by atoms with van der Waals surface area (Å²) in [5.41, 5.74) is 1.12. The zero-order valence-corrected chi connectivity index (χ0v) is 17.2. The number of carbonyl (C=O) groups is 1. The van der Waals surface area contributed by atoms with Crippen molar-refractivity contribution in [3.8, 4) is 17.0 Å². The van der Waals surface area contributed by atoms with Crippen molar-refractivity contribution in [2.24, 2.45) is 0 Å². The minimum atomic E-state index is -0.461. The number of ether oxygens (including phenoxy) is 1. The zero-order chi connectivity index (χ0) is 20.5. The first-order chi connectivity index (χ1) is 14.0. The molecule has 0 fully saturated rings. The van der Waals surface area contributed by atoms with Gasteiger partial charge in [-0.3, -0.25) is 20.2 Å². The number of nitrogens with one attached hydrogen (secondary N) is 1. The van der Waals surface area contributed by atoms with E-state index in [9.17, 15) is 14.9 Å². The molecule has 146 valence electrons. The fraction of sp³-hybridized carbons (Fsp3) is 0.0526. The molecule has 0 atom stereocenters. The second-order valence-corrected chi connectivity index (χ2v) is 8.19. The van der Waals surface area contributed by atoms with Crippen LogP contribution in [0.3, 0.4) is 0 Å². The van der Waals surface area contributed by atoms with E-state index in [-0.39, 0.29) is 11.6 Å². The van der Waals surface area contributed by atoms with Crippen LogP contribution in [0.25, 0.3) is 21.3 Å². The average molecular weight is 446 g/mol. The van der Waals surface area contributed by atoms with Gasteiger partial charge in [-0.1, -0.05) is 23.7 Å².